The molecule has 0 saturated carbocycles. The Bertz CT molecular complexity index is 478. The molecule has 2 heterocycles. The molecule has 0 spiro atoms. The third-order valence-electron chi connectivity index (χ3n) is 2.66. The van der Waals surface area contributed by atoms with Crippen LogP contribution in [0.1, 0.15) is 17.0 Å². The minimum absolute atomic E-state index is 0.0782. The van der Waals surface area contributed by atoms with Gasteiger partial charge in [-0.2, -0.15) is 26.3 Å². The van der Waals surface area contributed by atoms with Crippen molar-refractivity contribution in [2.24, 2.45) is 0 Å². The number of aromatic nitrogens is 2. The lowest BCUT2D eigenvalue weighted by Crippen LogP contribution is -2.21. The van der Waals surface area contributed by atoms with Gasteiger partial charge in [0.1, 0.15) is 0 Å². The molecule has 0 saturated heterocycles. The van der Waals surface area contributed by atoms with Crippen LogP contribution in [0.2, 0.25) is 0 Å². The van der Waals surface area contributed by atoms with Crippen molar-refractivity contribution in [3.8, 4) is 0 Å². The Morgan fingerprint density at radius 2 is 1.44 bits per heavy atom. The van der Waals surface area contributed by atoms with Crippen LogP contribution in [0.5, 0.6) is 0 Å². The molecule has 0 atom stereocenters. The molecule has 9 heteroatoms. The van der Waals surface area contributed by atoms with Crippen LogP contribution in [-0.2, 0) is 18.8 Å². The van der Waals surface area contributed by atoms with Crippen molar-refractivity contribution >= 4 is 5.69 Å². The van der Waals surface area contributed by atoms with E-state index in [9.17, 15) is 26.3 Å². The highest BCUT2D eigenvalue weighted by molar-refractivity contribution is 5.63. The predicted molar refractivity (Wildman–Crippen MR) is 49.0 cm³/mol. The average Bonchev–Trinajstić information content (AvgIpc) is 2.57. The third-order valence-corrected chi connectivity index (χ3v) is 2.66. The maximum absolute atomic E-state index is 12.6. The maximum Gasteiger partial charge on any atom is 0.437 e. The number of anilines is 1. The molecule has 0 bridgehead atoms. The molecule has 0 aliphatic carbocycles. The topological polar surface area (TPSA) is 29.0 Å². The predicted octanol–water partition coefficient (Wildman–Crippen LogP) is 2.51. The number of nitrogens with zero attached hydrogens (tertiary/aromatic N) is 3. The number of hydrogen-bond donors (Lipinski definition) is 0. The zero-order chi connectivity index (χ0) is 13.7. The molecule has 0 radical (unpaired) electrons. The van der Waals surface area contributed by atoms with E-state index in [1.54, 1.807) is 0 Å². The summed E-state index contributed by atoms with van der Waals surface area (Å²) in [6, 6.07) is 0. The van der Waals surface area contributed by atoms with Crippen molar-refractivity contribution in [3.05, 3.63) is 17.0 Å². The van der Waals surface area contributed by atoms with Crippen LogP contribution < -0.4 is 4.90 Å². The van der Waals surface area contributed by atoms with E-state index >= 15 is 0 Å². The number of halogens is 6. The van der Waals surface area contributed by atoms with E-state index in [1.165, 1.54) is 7.05 Å². The fraction of sp³-hybridized carbons (Fsp3) is 0.556. The van der Waals surface area contributed by atoms with E-state index in [0.717, 1.165) is 4.90 Å². The molecule has 0 aromatic carbocycles. The minimum atomic E-state index is -4.82. The number of alkyl halides is 6. The van der Waals surface area contributed by atoms with Gasteiger partial charge in [-0.05, 0) is 6.42 Å². The molecule has 1 aliphatic heterocycles. The van der Waals surface area contributed by atoms with Crippen molar-refractivity contribution < 1.29 is 26.3 Å². The summed E-state index contributed by atoms with van der Waals surface area (Å²) >= 11 is 0. The van der Waals surface area contributed by atoms with Gasteiger partial charge >= 0.3 is 12.4 Å². The Hall–Kier alpha value is -1.54. The van der Waals surface area contributed by atoms with Crippen molar-refractivity contribution in [2.45, 2.75) is 18.8 Å². The standard InChI is InChI=1S/C9H7F6N3/c1-18-3-2-4-5(18)7(9(13,14)15)17-16-6(4)8(10,11)12/h2-3H2,1H3. The average molecular weight is 271 g/mol. The van der Waals surface area contributed by atoms with E-state index in [4.69, 9.17) is 0 Å². The van der Waals surface area contributed by atoms with E-state index in [0.29, 0.717) is 0 Å². The normalized spacial score (nSPS) is 16.1. The lowest BCUT2D eigenvalue weighted by atomic mass is 10.1. The van der Waals surface area contributed by atoms with Crippen LogP contribution in [0.4, 0.5) is 32.0 Å². The van der Waals surface area contributed by atoms with Gasteiger partial charge in [-0.3, -0.25) is 0 Å². The molecule has 0 N–H and O–H groups in total. The number of hydrogen-bond acceptors (Lipinski definition) is 3. The van der Waals surface area contributed by atoms with Crippen LogP contribution in [-0.4, -0.2) is 23.8 Å². The van der Waals surface area contributed by atoms with Crippen LogP contribution in [0, 0.1) is 0 Å². The zero-order valence-corrected chi connectivity index (χ0v) is 9.02. The summed E-state index contributed by atoms with van der Waals surface area (Å²) < 4.78 is 75.7. The summed E-state index contributed by atoms with van der Waals surface area (Å²) in [5.74, 6) is 0. The second-order valence-electron chi connectivity index (χ2n) is 3.89. The van der Waals surface area contributed by atoms with Gasteiger partial charge in [0.05, 0.1) is 5.69 Å². The first-order chi connectivity index (χ1) is 8.12. The molecular formula is C9H7F6N3. The molecule has 100 valence electrons. The molecule has 1 aromatic heterocycles. The van der Waals surface area contributed by atoms with Gasteiger partial charge in [0.15, 0.2) is 11.4 Å². The Morgan fingerprint density at radius 1 is 0.944 bits per heavy atom. The summed E-state index contributed by atoms with van der Waals surface area (Å²) in [5.41, 5.74) is -3.67. The molecule has 2 rings (SSSR count). The molecule has 18 heavy (non-hydrogen) atoms. The number of fused-ring (bicyclic) bond motifs is 1. The van der Waals surface area contributed by atoms with E-state index in [-0.39, 0.29) is 13.0 Å². The summed E-state index contributed by atoms with van der Waals surface area (Å²) in [7, 11) is 1.29. The van der Waals surface area contributed by atoms with Gasteiger partial charge in [0.25, 0.3) is 0 Å². The van der Waals surface area contributed by atoms with Crippen LogP contribution in [0.3, 0.4) is 0 Å². The van der Waals surface area contributed by atoms with Crippen molar-refractivity contribution in [2.75, 3.05) is 18.5 Å². The molecule has 1 aliphatic rings. The van der Waals surface area contributed by atoms with Gasteiger partial charge in [-0.25, -0.2) is 0 Å². The van der Waals surface area contributed by atoms with E-state index < -0.39 is 35.0 Å². The third kappa shape index (κ3) is 1.97. The van der Waals surface area contributed by atoms with Crippen molar-refractivity contribution in [1.29, 1.82) is 0 Å². The van der Waals surface area contributed by atoms with Gasteiger partial charge in [-0.1, -0.05) is 0 Å². The first kappa shape index (κ1) is 12.9. The zero-order valence-electron chi connectivity index (χ0n) is 9.02. The monoisotopic (exact) mass is 271 g/mol. The Labute approximate surface area is 97.4 Å². The summed E-state index contributed by atoms with van der Waals surface area (Å²) in [5, 5.41) is 5.40. The molecule has 3 nitrogen and oxygen atoms in total. The molecule has 0 unspecified atom stereocenters. The SMILES string of the molecule is CN1CCc2c(C(F)(F)F)nnc(C(F)(F)F)c21. The van der Waals surface area contributed by atoms with Crippen molar-refractivity contribution in [3.63, 3.8) is 0 Å². The van der Waals surface area contributed by atoms with Crippen LogP contribution in [0.25, 0.3) is 0 Å². The summed E-state index contributed by atoms with van der Waals surface area (Å²) in [6.45, 7) is 0.0782. The second kappa shape index (κ2) is 3.72. The van der Waals surface area contributed by atoms with Crippen molar-refractivity contribution in [1.82, 2.24) is 10.2 Å². The van der Waals surface area contributed by atoms with Gasteiger partial charge in [0, 0.05) is 19.2 Å². The molecule has 0 fully saturated rings. The largest absolute Gasteiger partial charge is 0.437 e. The first-order valence-electron chi connectivity index (χ1n) is 4.87. The highest BCUT2D eigenvalue weighted by Crippen LogP contribution is 2.43. The minimum Gasteiger partial charge on any atom is -0.372 e. The fourth-order valence-electron chi connectivity index (χ4n) is 1.92. The second-order valence-corrected chi connectivity index (χ2v) is 3.89. The van der Waals surface area contributed by atoms with Crippen LogP contribution >= 0.6 is 0 Å². The summed E-state index contributed by atoms with van der Waals surface area (Å²) in [4.78, 5) is 1.11. The van der Waals surface area contributed by atoms with E-state index in [1.807, 2.05) is 0 Å². The highest BCUT2D eigenvalue weighted by Gasteiger charge is 2.45. The quantitative estimate of drug-likeness (QED) is 0.679. The lowest BCUT2D eigenvalue weighted by Gasteiger charge is -2.18. The maximum atomic E-state index is 12.6. The molecule has 1 aromatic rings. The fourth-order valence-corrected chi connectivity index (χ4v) is 1.92. The molecular weight excluding hydrogens is 264 g/mol. The van der Waals surface area contributed by atoms with Crippen LogP contribution in [0.15, 0.2) is 0 Å². The Morgan fingerprint density at radius 3 is 1.94 bits per heavy atom. The summed E-state index contributed by atoms with van der Waals surface area (Å²) in [6.07, 6.45) is -9.74. The Kier molecular flexibility index (Phi) is 2.67. The number of rotatable bonds is 0. The number of likely N-dealkylation sites (N-methyl/N-ethyl adjacent to an activating group) is 1. The smallest absolute Gasteiger partial charge is 0.372 e. The Balaban J connectivity index is 2.68. The van der Waals surface area contributed by atoms with Gasteiger partial charge in [-0.15, -0.1) is 10.2 Å². The van der Waals surface area contributed by atoms with Gasteiger partial charge < -0.3 is 4.90 Å². The highest BCUT2D eigenvalue weighted by atomic mass is 19.4. The van der Waals surface area contributed by atoms with Gasteiger partial charge in [0.2, 0.25) is 0 Å². The van der Waals surface area contributed by atoms with E-state index in [2.05, 4.69) is 10.2 Å². The molecule has 0 amide bonds. The first-order valence-corrected chi connectivity index (χ1v) is 4.87. The lowest BCUT2D eigenvalue weighted by molar-refractivity contribution is -0.147.